The van der Waals surface area contributed by atoms with Crippen LogP contribution in [-0.2, 0) is 0 Å². The molecule has 2 rings (SSSR count). The molecule has 0 aliphatic carbocycles. The summed E-state index contributed by atoms with van der Waals surface area (Å²) in [6.07, 6.45) is -1.28. The number of hydrogen-bond acceptors (Lipinski definition) is 1. The minimum Gasteiger partial charge on any atom is -0.383 e. The molecular formula is C13H9ClF2O. The van der Waals surface area contributed by atoms with Gasteiger partial charge in [0, 0.05) is 16.1 Å². The molecule has 0 heterocycles. The largest absolute Gasteiger partial charge is 0.383 e. The normalized spacial score (nSPS) is 12.5. The van der Waals surface area contributed by atoms with E-state index in [4.69, 9.17) is 11.6 Å². The monoisotopic (exact) mass is 254 g/mol. The van der Waals surface area contributed by atoms with Gasteiger partial charge < -0.3 is 5.11 Å². The first-order valence-corrected chi connectivity index (χ1v) is 5.35. The number of benzene rings is 2. The summed E-state index contributed by atoms with van der Waals surface area (Å²) in [5.74, 6) is -1.27. The molecule has 4 heteroatoms. The first kappa shape index (κ1) is 12.0. The molecule has 88 valence electrons. The van der Waals surface area contributed by atoms with E-state index in [1.807, 2.05) is 0 Å². The van der Waals surface area contributed by atoms with Gasteiger partial charge in [-0.1, -0.05) is 29.8 Å². The Bertz CT molecular complexity index is 543. The van der Waals surface area contributed by atoms with Gasteiger partial charge >= 0.3 is 0 Å². The van der Waals surface area contributed by atoms with Gasteiger partial charge in [-0.15, -0.1) is 0 Å². The van der Waals surface area contributed by atoms with Crippen molar-refractivity contribution in [2.75, 3.05) is 0 Å². The van der Waals surface area contributed by atoms with Crippen LogP contribution < -0.4 is 0 Å². The van der Waals surface area contributed by atoms with Crippen molar-refractivity contribution >= 4 is 11.6 Å². The maximum absolute atomic E-state index is 13.5. The van der Waals surface area contributed by atoms with E-state index < -0.39 is 17.7 Å². The predicted octanol–water partition coefficient (Wildman–Crippen LogP) is 3.70. The molecule has 0 saturated heterocycles. The highest BCUT2D eigenvalue weighted by atomic mass is 35.5. The second kappa shape index (κ2) is 4.82. The van der Waals surface area contributed by atoms with Crippen LogP contribution in [-0.4, -0.2) is 5.11 Å². The number of rotatable bonds is 2. The lowest BCUT2D eigenvalue weighted by atomic mass is 10.0. The minimum atomic E-state index is -1.28. The Morgan fingerprint density at radius 3 is 2.41 bits per heavy atom. The summed E-state index contributed by atoms with van der Waals surface area (Å²) in [7, 11) is 0. The number of hydrogen-bond donors (Lipinski definition) is 1. The van der Waals surface area contributed by atoms with Crippen molar-refractivity contribution in [2.45, 2.75) is 6.10 Å². The molecule has 0 amide bonds. The Kier molecular flexibility index (Phi) is 3.41. The number of aliphatic hydroxyl groups is 1. The summed E-state index contributed by atoms with van der Waals surface area (Å²) in [5.41, 5.74) is 0.219. The van der Waals surface area contributed by atoms with Gasteiger partial charge in [0.1, 0.15) is 17.7 Å². The van der Waals surface area contributed by atoms with Crippen LogP contribution in [0.3, 0.4) is 0 Å². The van der Waals surface area contributed by atoms with Crippen LogP contribution in [0.5, 0.6) is 0 Å². The van der Waals surface area contributed by atoms with Crippen molar-refractivity contribution in [3.8, 4) is 0 Å². The van der Waals surface area contributed by atoms with Crippen LogP contribution in [0.2, 0.25) is 5.02 Å². The zero-order valence-electron chi connectivity index (χ0n) is 8.70. The van der Waals surface area contributed by atoms with Crippen molar-refractivity contribution < 1.29 is 13.9 Å². The van der Waals surface area contributed by atoms with E-state index in [9.17, 15) is 13.9 Å². The molecule has 1 N–H and O–H groups in total. The third-order valence-electron chi connectivity index (χ3n) is 2.45. The van der Waals surface area contributed by atoms with Gasteiger partial charge in [0.2, 0.25) is 0 Å². The van der Waals surface area contributed by atoms with E-state index in [-0.39, 0.29) is 5.56 Å². The topological polar surface area (TPSA) is 20.2 Å². The smallest absolute Gasteiger partial charge is 0.129 e. The molecule has 0 aliphatic heterocycles. The quantitative estimate of drug-likeness (QED) is 0.866. The molecular weight excluding hydrogens is 246 g/mol. The predicted molar refractivity (Wildman–Crippen MR) is 61.9 cm³/mol. The second-order valence-electron chi connectivity index (χ2n) is 3.59. The van der Waals surface area contributed by atoms with E-state index in [0.717, 1.165) is 18.2 Å². The number of halogens is 3. The summed E-state index contributed by atoms with van der Waals surface area (Å²) in [6, 6.07) is 9.45. The standard InChI is InChI=1S/C13H9ClF2O/c14-11-4-2-1-3-9(11)13(17)10-7-8(15)5-6-12(10)16/h1-7,13,17H. The molecule has 0 spiro atoms. The Morgan fingerprint density at radius 1 is 1.00 bits per heavy atom. The van der Waals surface area contributed by atoms with Crippen LogP contribution in [0.15, 0.2) is 42.5 Å². The molecule has 1 nitrogen and oxygen atoms in total. The molecule has 2 aromatic rings. The van der Waals surface area contributed by atoms with Crippen molar-refractivity contribution in [1.29, 1.82) is 0 Å². The second-order valence-corrected chi connectivity index (χ2v) is 4.00. The number of aliphatic hydroxyl groups excluding tert-OH is 1. The molecule has 0 radical (unpaired) electrons. The molecule has 1 atom stereocenters. The lowest BCUT2D eigenvalue weighted by molar-refractivity contribution is 0.214. The summed E-state index contributed by atoms with van der Waals surface area (Å²) in [5, 5.41) is 10.3. The summed E-state index contributed by atoms with van der Waals surface area (Å²) in [4.78, 5) is 0. The zero-order chi connectivity index (χ0) is 12.4. The van der Waals surface area contributed by atoms with Crippen LogP contribution in [0.1, 0.15) is 17.2 Å². The molecule has 0 aliphatic rings. The molecule has 1 unspecified atom stereocenters. The fourth-order valence-electron chi connectivity index (χ4n) is 1.59. The van der Waals surface area contributed by atoms with Crippen LogP contribution >= 0.6 is 11.6 Å². The van der Waals surface area contributed by atoms with Gasteiger partial charge in [-0.2, -0.15) is 0 Å². The Labute approximate surface area is 102 Å². The van der Waals surface area contributed by atoms with E-state index in [0.29, 0.717) is 10.6 Å². The third-order valence-corrected chi connectivity index (χ3v) is 2.80. The molecule has 0 bridgehead atoms. The third kappa shape index (κ3) is 2.46. The van der Waals surface area contributed by atoms with Gasteiger partial charge in [0.15, 0.2) is 0 Å². The summed E-state index contributed by atoms with van der Waals surface area (Å²) in [6.45, 7) is 0. The molecule has 0 aromatic heterocycles. The average Bonchev–Trinajstić information content (AvgIpc) is 2.32. The lowest BCUT2D eigenvalue weighted by Gasteiger charge is -2.13. The zero-order valence-corrected chi connectivity index (χ0v) is 9.46. The van der Waals surface area contributed by atoms with E-state index in [1.54, 1.807) is 24.3 Å². The lowest BCUT2D eigenvalue weighted by Crippen LogP contribution is -2.03. The van der Waals surface area contributed by atoms with Gasteiger partial charge in [-0.05, 0) is 24.3 Å². The van der Waals surface area contributed by atoms with Crippen molar-refractivity contribution in [3.63, 3.8) is 0 Å². The Morgan fingerprint density at radius 2 is 1.71 bits per heavy atom. The SMILES string of the molecule is OC(c1cc(F)ccc1F)c1ccccc1Cl. The highest BCUT2D eigenvalue weighted by Crippen LogP contribution is 2.29. The van der Waals surface area contributed by atoms with Gasteiger partial charge in [-0.25, -0.2) is 8.78 Å². The summed E-state index contributed by atoms with van der Waals surface area (Å²) >= 11 is 5.88. The highest BCUT2D eigenvalue weighted by Gasteiger charge is 2.17. The van der Waals surface area contributed by atoms with Gasteiger partial charge in [-0.3, -0.25) is 0 Å². The average molecular weight is 255 g/mol. The maximum atomic E-state index is 13.5. The first-order valence-electron chi connectivity index (χ1n) is 4.97. The maximum Gasteiger partial charge on any atom is 0.129 e. The van der Waals surface area contributed by atoms with Crippen molar-refractivity contribution in [3.05, 3.63) is 70.2 Å². The fourth-order valence-corrected chi connectivity index (χ4v) is 1.83. The molecule has 0 saturated carbocycles. The minimum absolute atomic E-state index is 0.127. The van der Waals surface area contributed by atoms with Crippen LogP contribution in [0, 0.1) is 11.6 Å². The van der Waals surface area contributed by atoms with E-state index in [1.165, 1.54) is 0 Å². The first-order chi connectivity index (χ1) is 8.09. The van der Waals surface area contributed by atoms with Gasteiger partial charge in [0.25, 0.3) is 0 Å². The molecule has 0 fully saturated rings. The van der Waals surface area contributed by atoms with Crippen molar-refractivity contribution in [1.82, 2.24) is 0 Å². The van der Waals surface area contributed by atoms with Crippen LogP contribution in [0.25, 0.3) is 0 Å². The van der Waals surface area contributed by atoms with Gasteiger partial charge in [0.05, 0.1) is 0 Å². The Hall–Kier alpha value is -1.45. The van der Waals surface area contributed by atoms with E-state index in [2.05, 4.69) is 0 Å². The molecule has 17 heavy (non-hydrogen) atoms. The van der Waals surface area contributed by atoms with Crippen molar-refractivity contribution in [2.24, 2.45) is 0 Å². The van der Waals surface area contributed by atoms with Crippen LogP contribution in [0.4, 0.5) is 8.78 Å². The highest BCUT2D eigenvalue weighted by molar-refractivity contribution is 6.31. The summed E-state index contributed by atoms with van der Waals surface area (Å²) < 4.78 is 26.5. The van der Waals surface area contributed by atoms with E-state index >= 15 is 0 Å². The Balaban J connectivity index is 2.47. The fraction of sp³-hybridized carbons (Fsp3) is 0.0769. The molecule has 2 aromatic carbocycles.